The monoisotopic (exact) mass is 512 g/mol. The lowest BCUT2D eigenvalue weighted by molar-refractivity contribution is -0.137. The molecule has 0 atom stereocenters. The maximum absolute atomic E-state index is 13.0. The third kappa shape index (κ3) is 6.84. The van der Waals surface area contributed by atoms with Crippen LogP contribution in [0.4, 0.5) is 24.0 Å². The molecule has 1 heterocycles. The summed E-state index contributed by atoms with van der Waals surface area (Å²) in [5.74, 6) is -0.0975. The second-order valence-corrected chi connectivity index (χ2v) is 8.87. The molecular weight excluding hydrogens is 493 g/mol. The largest absolute Gasteiger partial charge is 0.493 e. The number of hydrogen-bond acceptors (Lipinski definition) is 8. The van der Waals surface area contributed by atoms with E-state index < -0.39 is 17.6 Å². The van der Waals surface area contributed by atoms with Gasteiger partial charge in [0.15, 0.2) is 15.8 Å². The van der Waals surface area contributed by atoms with Crippen molar-refractivity contribution in [2.75, 3.05) is 30.6 Å². The van der Waals surface area contributed by atoms with Crippen LogP contribution in [0.5, 0.6) is 11.5 Å². The molecule has 0 bridgehead atoms. The third-order valence-electron chi connectivity index (χ3n) is 4.30. The number of methoxy groups -OCH3 is 2. The average molecular weight is 513 g/mol. The minimum atomic E-state index is -4.58. The first kappa shape index (κ1) is 25.3. The summed E-state index contributed by atoms with van der Waals surface area (Å²) in [6.07, 6.45) is -4.52. The predicted molar refractivity (Wildman–Crippen MR) is 123 cm³/mol. The number of nitrogens with zero attached hydrogens (tertiary/aromatic N) is 2. The number of alkyl halides is 3. The second-order valence-electron chi connectivity index (χ2n) is 6.67. The second kappa shape index (κ2) is 11.2. The molecule has 3 aromatic rings. The van der Waals surface area contributed by atoms with E-state index in [4.69, 9.17) is 9.47 Å². The zero-order chi connectivity index (χ0) is 24.7. The van der Waals surface area contributed by atoms with Crippen LogP contribution in [-0.4, -0.2) is 42.0 Å². The first-order valence-corrected chi connectivity index (χ1v) is 11.4. The van der Waals surface area contributed by atoms with Crippen LogP contribution >= 0.6 is 23.1 Å². The van der Waals surface area contributed by atoms with Crippen LogP contribution in [0, 0.1) is 0 Å². The highest BCUT2D eigenvalue weighted by atomic mass is 32.2. The molecule has 2 amide bonds. The number of benzene rings is 2. The summed E-state index contributed by atoms with van der Waals surface area (Å²) in [5, 5.41) is 12.9. The van der Waals surface area contributed by atoms with Gasteiger partial charge in [-0.15, -0.1) is 10.2 Å². The van der Waals surface area contributed by atoms with Crippen LogP contribution in [0.1, 0.15) is 11.1 Å². The highest BCUT2D eigenvalue weighted by molar-refractivity contribution is 8.01. The van der Waals surface area contributed by atoms with Gasteiger partial charge in [-0.3, -0.25) is 9.59 Å². The van der Waals surface area contributed by atoms with Crippen molar-refractivity contribution in [3.8, 4) is 11.5 Å². The van der Waals surface area contributed by atoms with Gasteiger partial charge in [0.1, 0.15) is 0 Å². The van der Waals surface area contributed by atoms with Crippen molar-refractivity contribution in [1.29, 1.82) is 0 Å². The Labute approximate surface area is 200 Å². The van der Waals surface area contributed by atoms with Crippen LogP contribution in [0.25, 0.3) is 0 Å². The molecule has 13 heteroatoms. The zero-order valence-corrected chi connectivity index (χ0v) is 19.6. The summed E-state index contributed by atoms with van der Waals surface area (Å²) in [5.41, 5.74) is -0.546. The minimum absolute atomic E-state index is 0.0590. The molecule has 0 aliphatic rings. The number of para-hydroxylation sites is 1. The Morgan fingerprint density at radius 3 is 2.44 bits per heavy atom. The van der Waals surface area contributed by atoms with Crippen molar-refractivity contribution in [2.24, 2.45) is 0 Å². The molecule has 0 spiro atoms. The lowest BCUT2D eigenvalue weighted by atomic mass is 10.1. The number of nitrogens with one attached hydrogen (secondary N) is 2. The first-order valence-electron chi connectivity index (χ1n) is 9.62. The Balaban J connectivity index is 1.52. The first-order chi connectivity index (χ1) is 16.2. The highest BCUT2D eigenvalue weighted by Crippen LogP contribution is 2.35. The van der Waals surface area contributed by atoms with Gasteiger partial charge < -0.3 is 20.1 Å². The molecular formula is C21H19F3N4O4S2. The topological polar surface area (TPSA) is 102 Å². The number of rotatable bonds is 9. The summed E-state index contributed by atoms with van der Waals surface area (Å²) in [4.78, 5) is 24.4. The van der Waals surface area contributed by atoms with Crippen LogP contribution in [0.3, 0.4) is 0 Å². The maximum Gasteiger partial charge on any atom is 0.418 e. The summed E-state index contributed by atoms with van der Waals surface area (Å²) in [6, 6.07) is 9.84. The average Bonchev–Trinajstić information content (AvgIpc) is 3.24. The van der Waals surface area contributed by atoms with Gasteiger partial charge in [0.05, 0.1) is 37.6 Å². The lowest BCUT2D eigenvalue weighted by Crippen LogP contribution is -2.18. The van der Waals surface area contributed by atoms with Gasteiger partial charge in [-0.25, -0.2) is 0 Å². The summed E-state index contributed by atoms with van der Waals surface area (Å²) in [7, 11) is 3.01. The number of halogens is 3. The number of hydrogen-bond donors (Lipinski definition) is 2. The van der Waals surface area contributed by atoms with E-state index in [1.54, 1.807) is 18.2 Å². The summed E-state index contributed by atoms with van der Waals surface area (Å²) < 4.78 is 49.9. The van der Waals surface area contributed by atoms with Crippen molar-refractivity contribution in [3.05, 3.63) is 53.6 Å². The van der Waals surface area contributed by atoms with Crippen molar-refractivity contribution >= 4 is 45.7 Å². The van der Waals surface area contributed by atoms with Crippen LogP contribution in [0.2, 0.25) is 0 Å². The standard InChI is InChI=1S/C21H19F3N4O4S2/c1-31-15-8-7-12(9-16(15)32-2)10-17(29)26-19-27-28-20(34-19)33-11-18(30)25-14-6-4-3-5-13(14)21(22,23)24/h3-9H,10-11H2,1-2H3,(H,25,30)(H,26,27,29). The highest BCUT2D eigenvalue weighted by Gasteiger charge is 2.33. The molecule has 2 aromatic carbocycles. The number of anilines is 2. The van der Waals surface area contributed by atoms with Crippen molar-refractivity contribution in [3.63, 3.8) is 0 Å². The van der Waals surface area contributed by atoms with Gasteiger partial charge in [0.25, 0.3) is 0 Å². The Morgan fingerprint density at radius 1 is 1.00 bits per heavy atom. The quantitative estimate of drug-likeness (QED) is 0.322. The van der Waals surface area contributed by atoms with E-state index in [2.05, 4.69) is 20.8 Å². The SMILES string of the molecule is COc1ccc(CC(=O)Nc2nnc(SCC(=O)Nc3ccccc3C(F)(F)F)s2)cc1OC. The molecule has 0 saturated heterocycles. The molecule has 3 rings (SSSR count). The van der Waals surface area contributed by atoms with E-state index in [1.807, 2.05) is 0 Å². The molecule has 0 fully saturated rings. The van der Waals surface area contributed by atoms with Crippen LogP contribution < -0.4 is 20.1 Å². The van der Waals surface area contributed by atoms with Crippen molar-refractivity contribution in [1.82, 2.24) is 10.2 Å². The van der Waals surface area contributed by atoms with Crippen molar-refractivity contribution < 1.29 is 32.2 Å². The molecule has 0 saturated carbocycles. The fourth-order valence-corrected chi connectivity index (χ4v) is 4.38. The Hall–Kier alpha value is -3.32. The van der Waals surface area contributed by atoms with E-state index in [0.29, 0.717) is 21.4 Å². The van der Waals surface area contributed by atoms with Gasteiger partial charge in [0, 0.05) is 0 Å². The number of amides is 2. The van der Waals surface area contributed by atoms with Gasteiger partial charge in [-0.1, -0.05) is 41.3 Å². The predicted octanol–water partition coefficient (Wildman–Crippen LogP) is 4.49. The molecule has 180 valence electrons. The number of carbonyl (C=O) groups is 2. The molecule has 0 aliphatic carbocycles. The summed E-state index contributed by atoms with van der Waals surface area (Å²) >= 11 is 2.04. The molecule has 0 aliphatic heterocycles. The normalized spacial score (nSPS) is 11.1. The van der Waals surface area contributed by atoms with Crippen LogP contribution in [0.15, 0.2) is 46.8 Å². The van der Waals surface area contributed by atoms with Gasteiger partial charge in [-0.2, -0.15) is 13.2 Å². The fourth-order valence-electron chi connectivity index (χ4n) is 2.81. The number of ether oxygens (including phenoxy) is 2. The number of aromatic nitrogens is 2. The van der Waals surface area contributed by atoms with E-state index in [0.717, 1.165) is 29.2 Å². The minimum Gasteiger partial charge on any atom is -0.493 e. The smallest absolute Gasteiger partial charge is 0.418 e. The molecule has 8 nitrogen and oxygen atoms in total. The van der Waals surface area contributed by atoms with E-state index in [1.165, 1.54) is 32.4 Å². The van der Waals surface area contributed by atoms with Crippen molar-refractivity contribution in [2.45, 2.75) is 16.9 Å². The van der Waals surface area contributed by atoms with Gasteiger partial charge in [0.2, 0.25) is 16.9 Å². The molecule has 34 heavy (non-hydrogen) atoms. The van der Waals surface area contributed by atoms with Gasteiger partial charge in [-0.05, 0) is 29.8 Å². The van der Waals surface area contributed by atoms with E-state index in [-0.39, 0.29) is 28.9 Å². The van der Waals surface area contributed by atoms with E-state index in [9.17, 15) is 22.8 Å². The van der Waals surface area contributed by atoms with Crippen LogP contribution in [-0.2, 0) is 22.2 Å². The Morgan fingerprint density at radius 2 is 1.74 bits per heavy atom. The fraction of sp³-hybridized carbons (Fsp3) is 0.238. The zero-order valence-electron chi connectivity index (χ0n) is 17.9. The van der Waals surface area contributed by atoms with Gasteiger partial charge >= 0.3 is 6.18 Å². The summed E-state index contributed by atoms with van der Waals surface area (Å²) in [6.45, 7) is 0. The molecule has 2 N–H and O–H groups in total. The Kier molecular flexibility index (Phi) is 8.34. The Bertz CT molecular complexity index is 1170. The molecule has 0 unspecified atom stereocenters. The lowest BCUT2D eigenvalue weighted by Gasteiger charge is -2.13. The van der Waals surface area contributed by atoms with E-state index >= 15 is 0 Å². The molecule has 0 radical (unpaired) electrons. The molecule has 1 aromatic heterocycles. The third-order valence-corrected chi connectivity index (χ3v) is 6.27. The number of thioether (sulfide) groups is 1. The maximum atomic E-state index is 13.0. The number of carbonyl (C=O) groups excluding carboxylic acids is 2.